The van der Waals surface area contributed by atoms with Crippen LogP contribution in [0.3, 0.4) is 0 Å². The van der Waals surface area contributed by atoms with E-state index in [1.54, 1.807) is 0 Å². The topological polar surface area (TPSA) is 29.3 Å². The van der Waals surface area contributed by atoms with Crippen LogP contribution in [0.1, 0.15) is 32.3 Å². The van der Waals surface area contributed by atoms with Crippen LogP contribution in [0.25, 0.3) is 0 Å². The molecule has 0 amide bonds. The summed E-state index contributed by atoms with van der Waals surface area (Å²) < 4.78 is 26.5. The molecule has 0 aliphatic heterocycles. The predicted molar refractivity (Wildman–Crippen MR) is 70.2 cm³/mol. The number of benzene rings is 1. The Balaban J connectivity index is 2.89. The van der Waals surface area contributed by atoms with Gasteiger partial charge < -0.3 is 5.73 Å². The molecule has 2 nitrogen and oxygen atoms in total. The zero-order chi connectivity index (χ0) is 13.8. The molecule has 18 heavy (non-hydrogen) atoms. The zero-order valence-electron chi connectivity index (χ0n) is 11.3. The third-order valence-corrected chi connectivity index (χ3v) is 3.93. The molecule has 0 bridgehead atoms. The SMILES string of the molecule is CCC(CC)(CN)N(C)Cc1ccc(F)cc1F. The average molecular weight is 256 g/mol. The monoisotopic (exact) mass is 256 g/mol. The zero-order valence-corrected chi connectivity index (χ0v) is 11.3. The highest BCUT2D eigenvalue weighted by Crippen LogP contribution is 2.24. The van der Waals surface area contributed by atoms with Crippen molar-refractivity contribution in [2.24, 2.45) is 5.73 Å². The molecule has 0 fully saturated rings. The Labute approximate surface area is 108 Å². The molecule has 0 spiro atoms. The van der Waals surface area contributed by atoms with Crippen LogP contribution < -0.4 is 5.73 Å². The molecule has 0 radical (unpaired) electrons. The number of nitrogens with two attached hydrogens (primary N) is 1. The van der Waals surface area contributed by atoms with Crippen molar-refractivity contribution in [2.75, 3.05) is 13.6 Å². The Kier molecular flexibility index (Phi) is 5.23. The van der Waals surface area contributed by atoms with Crippen LogP contribution in [-0.4, -0.2) is 24.0 Å². The van der Waals surface area contributed by atoms with Gasteiger partial charge in [-0.3, -0.25) is 4.90 Å². The first-order valence-electron chi connectivity index (χ1n) is 6.34. The van der Waals surface area contributed by atoms with Crippen molar-refractivity contribution in [3.63, 3.8) is 0 Å². The number of nitrogens with zero attached hydrogens (tertiary/aromatic N) is 1. The summed E-state index contributed by atoms with van der Waals surface area (Å²) >= 11 is 0. The minimum absolute atomic E-state index is 0.124. The molecule has 0 atom stereocenters. The second-order valence-electron chi connectivity index (χ2n) is 4.73. The molecule has 0 aliphatic carbocycles. The minimum atomic E-state index is -0.546. The molecule has 1 aromatic carbocycles. The number of hydrogen-bond donors (Lipinski definition) is 1. The largest absolute Gasteiger partial charge is 0.329 e. The Morgan fingerprint density at radius 2 is 1.83 bits per heavy atom. The second kappa shape index (κ2) is 6.25. The Morgan fingerprint density at radius 3 is 2.28 bits per heavy atom. The molecule has 0 saturated heterocycles. The average Bonchev–Trinajstić information content (AvgIpc) is 2.36. The summed E-state index contributed by atoms with van der Waals surface area (Å²) in [6.07, 6.45) is 1.80. The quantitative estimate of drug-likeness (QED) is 0.848. The third-order valence-electron chi connectivity index (χ3n) is 3.93. The summed E-state index contributed by atoms with van der Waals surface area (Å²) in [7, 11) is 1.93. The lowest BCUT2D eigenvalue weighted by atomic mass is 9.90. The summed E-state index contributed by atoms with van der Waals surface area (Å²) in [6.45, 7) is 5.12. The van der Waals surface area contributed by atoms with Gasteiger partial charge in [0.2, 0.25) is 0 Å². The van der Waals surface area contributed by atoms with Crippen LogP contribution >= 0.6 is 0 Å². The Hall–Kier alpha value is -1.00. The van der Waals surface area contributed by atoms with Crippen molar-refractivity contribution in [3.8, 4) is 0 Å². The molecule has 2 N–H and O–H groups in total. The van der Waals surface area contributed by atoms with Gasteiger partial charge in [0, 0.05) is 30.3 Å². The maximum Gasteiger partial charge on any atom is 0.130 e. The van der Waals surface area contributed by atoms with E-state index >= 15 is 0 Å². The summed E-state index contributed by atoms with van der Waals surface area (Å²) in [4.78, 5) is 2.06. The van der Waals surface area contributed by atoms with E-state index in [9.17, 15) is 8.78 Å². The molecule has 0 saturated carbocycles. The lowest BCUT2D eigenvalue weighted by molar-refractivity contribution is 0.106. The van der Waals surface area contributed by atoms with E-state index in [0.29, 0.717) is 18.7 Å². The van der Waals surface area contributed by atoms with Gasteiger partial charge in [0.15, 0.2) is 0 Å². The van der Waals surface area contributed by atoms with Crippen molar-refractivity contribution >= 4 is 0 Å². The summed E-state index contributed by atoms with van der Waals surface area (Å²) in [6, 6.07) is 3.70. The van der Waals surface area contributed by atoms with Crippen molar-refractivity contribution in [1.82, 2.24) is 4.90 Å². The maximum absolute atomic E-state index is 13.6. The smallest absolute Gasteiger partial charge is 0.130 e. The van der Waals surface area contributed by atoms with E-state index in [1.165, 1.54) is 12.1 Å². The first-order chi connectivity index (χ1) is 8.49. The van der Waals surface area contributed by atoms with Crippen molar-refractivity contribution in [3.05, 3.63) is 35.4 Å². The molecule has 1 aromatic rings. The summed E-state index contributed by atoms with van der Waals surface area (Å²) in [5, 5.41) is 0. The fraction of sp³-hybridized carbons (Fsp3) is 0.571. The first kappa shape index (κ1) is 15.1. The predicted octanol–water partition coefficient (Wildman–Crippen LogP) is 2.91. The first-order valence-corrected chi connectivity index (χ1v) is 6.34. The second-order valence-corrected chi connectivity index (χ2v) is 4.73. The maximum atomic E-state index is 13.6. The number of rotatable bonds is 6. The third kappa shape index (κ3) is 3.06. The van der Waals surface area contributed by atoms with Crippen molar-refractivity contribution in [1.29, 1.82) is 0 Å². The van der Waals surface area contributed by atoms with E-state index in [0.717, 1.165) is 18.9 Å². The highest BCUT2D eigenvalue weighted by molar-refractivity contribution is 5.18. The van der Waals surface area contributed by atoms with E-state index in [4.69, 9.17) is 5.73 Å². The van der Waals surface area contributed by atoms with Gasteiger partial charge in [-0.1, -0.05) is 19.9 Å². The minimum Gasteiger partial charge on any atom is -0.329 e. The normalized spacial score (nSPS) is 12.2. The van der Waals surface area contributed by atoms with Crippen LogP contribution in [0.4, 0.5) is 8.78 Å². The van der Waals surface area contributed by atoms with E-state index in [1.807, 2.05) is 7.05 Å². The highest BCUT2D eigenvalue weighted by Gasteiger charge is 2.29. The standard InChI is InChI=1S/C14H22F2N2/c1-4-14(5-2,10-17)18(3)9-11-6-7-12(15)8-13(11)16/h6-8H,4-5,9-10,17H2,1-3H3. The van der Waals surface area contributed by atoms with Gasteiger partial charge in [-0.25, -0.2) is 8.78 Å². The molecule has 0 aromatic heterocycles. The van der Waals surface area contributed by atoms with Gasteiger partial charge in [0.1, 0.15) is 11.6 Å². The van der Waals surface area contributed by atoms with Crippen LogP contribution in [0.15, 0.2) is 18.2 Å². The lowest BCUT2D eigenvalue weighted by Gasteiger charge is -2.40. The fourth-order valence-electron chi connectivity index (χ4n) is 2.31. The molecule has 0 unspecified atom stereocenters. The van der Waals surface area contributed by atoms with Gasteiger partial charge >= 0.3 is 0 Å². The van der Waals surface area contributed by atoms with E-state index in [-0.39, 0.29) is 5.54 Å². The summed E-state index contributed by atoms with van der Waals surface area (Å²) in [5.74, 6) is -1.05. The van der Waals surface area contributed by atoms with Gasteiger partial charge in [0.05, 0.1) is 0 Å². The lowest BCUT2D eigenvalue weighted by Crippen LogP contribution is -2.50. The molecular weight excluding hydrogens is 234 g/mol. The van der Waals surface area contributed by atoms with Crippen molar-refractivity contribution < 1.29 is 8.78 Å². The fourth-order valence-corrected chi connectivity index (χ4v) is 2.31. The number of halogens is 2. The van der Waals surface area contributed by atoms with Gasteiger partial charge in [-0.15, -0.1) is 0 Å². The molecule has 1 rings (SSSR count). The molecular formula is C14H22F2N2. The van der Waals surface area contributed by atoms with Crippen LogP contribution in [-0.2, 0) is 6.54 Å². The summed E-state index contributed by atoms with van der Waals surface area (Å²) in [5.41, 5.74) is 6.22. The van der Waals surface area contributed by atoms with Gasteiger partial charge in [-0.2, -0.15) is 0 Å². The number of likely N-dealkylation sites (N-methyl/N-ethyl adjacent to an activating group) is 1. The molecule has 0 heterocycles. The van der Waals surface area contributed by atoms with E-state index in [2.05, 4.69) is 18.7 Å². The van der Waals surface area contributed by atoms with E-state index < -0.39 is 11.6 Å². The van der Waals surface area contributed by atoms with Gasteiger partial charge in [0.25, 0.3) is 0 Å². The van der Waals surface area contributed by atoms with Gasteiger partial charge in [-0.05, 0) is 26.0 Å². The highest BCUT2D eigenvalue weighted by atomic mass is 19.1. The van der Waals surface area contributed by atoms with Crippen molar-refractivity contribution in [2.45, 2.75) is 38.8 Å². The Bertz CT molecular complexity index is 381. The number of hydrogen-bond acceptors (Lipinski definition) is 2. The Morgan fingerprint density at radius 1 is 1.22 bits per heavy atom. The molecule has 102 valence electrons. The molecule has 4 heteroatoms. The van der Waals surface area contributed by atoms with Crippen LogP contribution in [0.2, 0.25) is 0 Å². The molecule has 0 aliphatic rings. The van der Waals surface area contributed by atoms with Crippen LogP contribution in [0, 0.1) is 11.6 Å². The van der Waals surface area contributed by atoms with Crippen LogP contribution in [0.5, 0.6) is 0 Å².